The third-order valence-electron chi connectivity index (χ3n) is 4.64. The monoisotopic (exact) mass is 386 g/mol. The lowest BCUT2D eigenvalue weighted by Crippen LogP contribution is -2.18. The minimum Gasteiger partial charge on any atom is -0.299 e. The van der Waals surface area contributed by atoms with Crippen LogP contribution >= 0.6 is 24.2 Å². The number of H-pyrrole nitrogens is 1. The lowest BCUT2D eigenvalue weighted by atomic mass is 10.1. The molecular weight excluding hydrogens is 364 g/mol. The second-order valence-electron chi connectivity index (χ2n) is 6.42. The summed E-state index contributed by atoms with van der Waals surface area (Å²) in [6.45, 7) is 3.43. The van der Waals surface area contributed by atoms with Crippen LogP contribution in [0.15, 0.2) is 53.4 Å². The molecule has 0 saturated carbocycles. The highest BCUT2D eigenvalue weighted by atomic mass is 35.5. The number of nitrogens with one attached hydrogen (secondary N) is 1. The van der Waals surface area contributed by atoms with Gasteiger partial charge in [-0.05, 0) is 55.9 Å². The molecule has 0 spiro atoms. The Morgan fingerprint density at radius 3 is 2.54 bits per heavy atom. The third-order valence-corrected chi connectivity index (χ3v) is 5.38. The molecule has 1 aromatic heterocycles. The molecule has 6 heteroatoms. The van der Waals surface area contributed by atoms with Gasteiger partial charge in [0, 0.05) is 22.6 Å². The lowest BCUT2D eigenvalue weighted by Gasteiger charge is -2.14. The Morgan fingerprint density at radius 2 is 1.81 bits per heavy atom. The number of benzene rings is 2. The Bertz CT molecular complexity index is 841. The highest BCUT2D eigenvalue weighted by molar-refractivity contribution is 7.98. The van der Waals surface area contributed by atoms with Gasteiger partial charge in [-0.1, -0.05) is 30.3 Å². The molecule has 1 N–H and O–H groups in total. The van der Waals surface area contributed by atoms with Crippen molar-refractivity contribution in [1.29, 1.82) is 0 Å². The van der Waals surface area contributed by atoms with E-state index in [1.165, 1.54) is 36.4 Å². The molecule has 4 rings (SSSR count). The van der Waals surface area contributed by atoms with Crippen molar-refractivity contribution in [3.8, 4) is 22.8 Å². The van der Waals surface area contributed by atoms with Crippen LogP contribution in [0.2, 0.25) is 0 Å². The molecular formula is C20H23ClN4S. The fourth-order valence-corrected chi connectivity index (χ4v) is 3.68. The van der Waals surface area contributed by atoms with Crippen molar-refractivity contribution in [3.05, 3.63) is 54.1 Å². The molecule has 0 bridgehead atoms. The molecule has 26 heavy (non-hydrogen) atoms. The highest BCUT2D eigenvalue weighted by Crippen LogP contribution is 2.24. The average molecular weight is 387 g/mol. The number of nitrogens with zero attached hydrogens (tertiary/aromatic N) is 3. The molecule has 0 radical (unpaired) electrons. The number of hydrogen-bond acceptors (Lipinski definition) is 4. The predicted molar refractivity (Wildman–Crippen MR) is 111 cm³/mol. The summed E-state index contributed by atoms with van der Waals surface area (Å²) < 4.78 is 0. The second-order valence-corrected chi connectivity index (χ2v) is 7.30. The van der Waals surface area contributed by atoms with Crippen LogP contribution in [-0.4, -0.2) is 39.4 Å². The van der Waals surface area contributed by atoms with E-state index in [1.54, 1.807) is 11.8 Å². The van der Waals surface area contributed by atoms with E-state index in [-0.39, 0.29) is 12.4 Å². The molecule has 1 aliphatic rings. The summed E-state index contributed by atoms with van der Waals surface area (Å²) in [6.07, 6.45) is 4.72. The van der Waals surface area contributed by atoms with E-state index in [0.29, 0.717) is 0 Å². The van der Waals surface area contributed by atoms with Gasteiger partial charge in [-0.25, -0.2) is 4.98 Å². The maximum Gasteiger partial charge on any atom is 0.181 e. The fourth-order valence-electron chi connectivity index (χ4n) is 3.28. The summed E-state index contributed by atoms with van der Waals surface area (Å²) >= 11 is 1.74. The van der Waals surface area contributed by atoms with E-state index in [9.17, 15) is 0 Å². The van der Waals surface area contributed by atoms with E-state index < -0.39 is 0 Å². The van der Waals surface area contributed by atoms with Crippen LogP contribution in [0.25, 0.3) is 22.8 Å². The number of rotatable bonds is 5. The maximum absolute atomic E-state index is 4.69. The van der Waals surface area contributed by atoms with Gasteiger partial charge in [-0.15, -0.1) is 24.2 Å². The quantitative estimate of drug-likeness (QED) is 0.635. The Balaban J connectivity index is 0.00000196. The van der Waals surface area contributed by atoms with Crippen LogP contribution in [0.3, 0.4) is 0 Å². The molecule has 0 amide bonds. The summed E-state index contributed by atoms with van der Waals surface area (Å²) in [5.74, 6) is 1.57. The lowest BCUT2D eigenvalue weighted by molar-refractivity contribution is 0.331. The van der Waals surface area contributed by atoms with Gasteiger partial charge in [0.15, 0.2) is 11.6 Å². The van der Waals surface area contributed by atoms with Crippen molar-refractivity contribution in [2.45, 2.75) is 24.3 Å². The zero-order valence-electron chi connectivity index (χ0n) is 14.8. The van der Waals surface area contributed by atoms with Gasteiger partial charge < -0.3 is 0 Å². The van der Waals surface area contributed by atoms with Gasteiger partial charge in [-0.3, -0.25) is 10.00 Å². The van der Waals surface area contributed by atoms with E-state index in [0.717, 1.165) is 29.3 Å². The van der Waals surface area contributed by atoms with E-state index in [1.807, 2.05) is 0 Å². The predicted octanol–water partition coefficient (Wildman–Crippen LogP) is 4.88. The molecule has 0 aliphatic carbocycles. The van der Waals surface area contributed by atoms with E-state index >= 15 is 0 Å². The van der Waals surface area contributed by atoms with Crippen molar-refractivity contribution in [1.82, 2.24) is 20.1 Å². The number of hydrogen-bond donors (Lipinski definition) is 1. The molecule has 1 saturated heterocycles. The zero-order chi connectivity index (χ0) is 17.1. The number of aromatic nitrogens is 3. The molecule has 4 nitrogen and oxygen atoms in total. The summed E-state index contributed by atoms with van der Waals surface area (Å²) in [6, 6.07) is 17.0. The normalized spacial score (nSPS) is 14.3. The smallest absolute Gasteiger partial charge is 0.181 e. The maximum atomic E-state index is 4.69. The summed E-state index contributed by atoms with van der Waals surface area (Å²) in [7, 11) is 0. The fraction of sp³-hybridized carbons (Fsp3) is 0.300. The molecule has 0 unspecified atom stereocenters. The third kappa shape index (κ3) is 4.29. The van der Waals surface area contributed by atoms with Gasteiger partial charge in [-0.2, -0.15) is 5.10 Å². The first-order valence-corrected chi connectivity index (χ1v) is 9.93. The van der Waals surface area contributed by atoms with Crippen molar-refractivity contribution < 1.29 is 0 Å². The Kier molecular flexibility index (Phi) is 6.35. The number of likely N-dealkylation sites (tertiary alicyclic amines) is 1. The first-order chi connectivity index (χ1) is 12.3. The number of aromatic amines is 1. The molecule has 1 aliphatic heterocycles. The van der Waals surface area contributed by atoms with Gasteiger partial charge >= 0.3 is 0 Å². The summed E-state index contributed by atoms with van der Waals surface area (Å²) in [4.78, 5) is 8.45. The molecule has 3 aromatic rings. The Hall–Kier alpha value is -1.82. The number of thioether (sulfide) groups is 1. The molecule has 1 fully saturated rings. The number of halogens is 1. The second kappa shape index (κ2) is 8.71. The Labute approximate surface area is 164 Å². The van der Waals surface area contributed by atoms with Crippen LogP contribution in [-0.2, 0) is 6.54 Å². The standard InChI is InChI=1S/C20H22N4S.ClH/c1-25-18-9-7-16(8-10-18)19-21-20(23-22-19)17-6-4-5-15(13-17)14-24-11-2-3-12-24;/h4-10,13H,2-3,11-12,14H2,1H3,(H,21,22,23);1H. The first kappa shape index (κ1) is 19.0. The first-order valence-electron chi connectivity index (χ1n) is 8.70. The summed E-state index contributed by atoms with van der Waals surface area (Å²) in [5, 5.41) is 7.50. The van der Waals surface area contributed by atoms with Gasteiger partial charge in [0.2, 0.25) is 0 Å². The summed E-state index contributed by atoms with van der Waals surface area (Å²) in [5.41, 5.74) is 3.46. The van der Waals surface area contributed by atoms with E-state index in [2.05, 4.69) is 69.9 Å². The SMILES string of the molecule is CSc1ccc(-c2nc(-c3cccc(CN4CCCC4)c3)n[nH]2)cc1.Cl. The van der Waals surface area contributed by atoms with Crippen molar-refractivity contribution in [3.63, 3.8) is 0 Å². The molecule has 2 aromatic carbocycles. The zero-order valence-corrected chi connectivity index (χ0v) is 16.4. The average Bonchev–Trinajstić information content (AvgIpc) is 3.34. The van der Waals surface area contributed by atoms with Gasteiger partial charge in [0.25, 0.3) is 0 Å². The van der Waals surface area contributed by atoms with Crippen LogP contribution < -0.4 is 0 Å². The molecule has 0 atom stereocenters. The molecule has 136 valence electrons. The Morgan fingerprint density at radius 1 is 1.04 bits per heavy atom. The highest BCUT2D eigenvalue weighted by Gasteiger charge is 2.13. The van der Waals surface area contributed by atoms with Crippen LogP contribution in [0.4, 0.5) is 0 Å². The van der Waals surface area contributed by atoms with Gasteiger partial charge in [0.1, 0.15) is 0 Å². The van der Waals surface area contributed by atoms with E-state index in [4.69, 9.17) is 4.98 Å². The van der Waals surface area contributed by atoms with Crippen LogP contribution in [0.5, 0.6) is 0 Å². The minimum atomic E-state index is 0. The minimum absolute atomic E-state index is 0. The van der Waals surface area contributed by atoms with Crippen molar-refractivity contribution in [2.75, 3.05) is 19.3 Å². The molecule has 2 heterocycles. The van der Waals surface area contributed by atoms with Crippen LogP contribution in [0, 0.1) is 0 Å². The topological polar surface area (TPSA) is 44.8 Å². The van der Waals surface area contributed by atoms with Crippen molar-refractivity contribution in [2.24, 2.45) is 0 Å². The van der Waals surface area contributed by atoms with Crippen molar-refractivity contribution >= 4 is 24.2 Å². The van der Waals surface area contributed by atoms with Crippen LogP contribution in [0.1, 0.15) is 18.4 Å². The largest absolute Gasteiger partial charge is 0.299 e. The van der Waals surface area contributed by atoms with Gasteiger partial charge in [0.05, 0.1) is 0 Å².